The van der Waals surface area contributed by atoms with Crippen molar-refractivity contribution in [3.8, 4) is 11.5 Å². The lowest BCUT2D eigenvalue weighted by atomic mass is 9.72. The van der Waals surface area contributed by atoms with E-state index in [-0.39, 0.29) is 11.5 Å². The largest absolute Gasteiger partial charge is 0.508 e. The first-order valence-corrected chi connectivity index (χ1v) is 10.2. The lowest BCUT2D eigenvalue weighted by Gasteiger charge is -2.31. The first-order chi connectivity index (χ1) is 13.9. The van der Waals surface area contributed by atoms with E-state index in [4.69, 9.17) is 9.15 Å². The standard InChI is InChI=1S/C24H27NO4/c1-5-25(6-2)11-12-28-16-8-10-17-19(14-16)24(3,4)23-21(22(17)27)18-9-7-15(26)13-20(18)29-23/h7-10,13-14,26H,5-6,11-12H2,1-4H3. The van der Waals surface area contributed by atoms with Crippen molar-refractivity contribution in [3.63, 3.8) is 0 Å². The molecule has 0 bridgehead atoms. The predicted octanol–water partition coefficient (Wildman–Crippen LogP) is 4.73. The summed E-state index contributed by atoms with van der Waals surface area (Å²) >= 11 is 0. The van der Waals surface area contributed by atoms with Crippen molar-refractivity contribution >= 4 is 16.8 Å². The summed E-state index contributed by atoms with van der Waals surface area (Å²) in [6, 6.07) is 10.6. The monoisotopic (exact) mass is 393 g/mol. The van der Waals surface area contributed by atoms with Crippen molar-refractivity contribution in [2.75, 3.05) is 26.2 Å². The van der Waals surface area contributed by atoms with Gasteiger partial charge in [-0.2, -0.15) is 0 Å². The Balaban J connectivity index is 1.70. The fourth-order valence-corrected chi connectivity index (χ4v) is 4.17. The van der Waals surface area contributed by atoms with Gasteiger partial charge in [0.2, 0.25) is 0 Å². The number of ether oxygens (including phenoxy) is 1. The second kappa shape index (κ2) is 7.23. The number of nitrogens with zero attached hydrogens (tertiary/aromatic N) is 1. The minimum Gasteiger partial charge on any atom is -0.508 e. The number of ketones is 1. The summed E-state index contributed by atoms with van der Waals surface area (Å²) in [5.74, 6) is 1.47. The van der Waals surface area contributed by atoms with E-state index in [1.165, 1.54) is 0 Å². The van der Waals surface area contributed by atoms with Crippen LogP contribution in [0.1, 0.15) is 54.9 Å². The minimum atomic E-state index is -0.495. The molecule has 5 heteroatoms. The van der Waals surface area contributed by atoms with Crippen LogP contribution in [-0.2, 0) is 5.41 Å². The Kier molecular flexibility index (Phi) is 4.87. The highest BCUT2D eigenvalue weighted by atomic mass is 16.5. The molecule has 0 spiro atoms. The van der Waals surface area contributed by atoms with Crippen LogP contribution in [0, 0.1) is 0 Å². The summed E-state index contributed by atoms with van der Waals surface area (Å²) in [5, 5.41) is 10.5. The van der Waals surface area contributed by atoms with Crippen molar-refractivity contribution in [1.82, 2.24) is 4.90 Å². The summed E-state index contributed by atoms with van der Waals surface area (Å²) in [6.07, 6.45) is 0. The number of fused-ring (bicyclic) bond motifs is 4. The zero-order valence-electron chi connectivity index (χ0n) is 17.4. The smallest absolute Gasteiger partial charge is 0.197 e. The normalized spacial score (nSPS) is 14.9. The predicted molar refractivity (Wildman–Crippen MR) is 113 cm³/mol. The SMILES string of the molecule is CCN(CC)CCOc1ccc2c(c1)C(C)(C)c1oc3cc(O)ccc3c1C2=O. The van der Waals surface area contributed by atoms with Crippen molar-refractivity contribution in [2.24, 2.45) is 0 Å². The number of rotatable bonds is 6. The molecule has 3 aromatic rings. The lowest BCUT2D eigenvalue weighted by Crippen LogP contribution is -2.30. The molecule has 1 aromatic heterocycles. The summed E-state index contributed by atoms with van der Waals surface area (Å²) in [4.78, 5) is 15.6. The van der Waals surface area contributed by atoms with Crippen LogP contribution < -0.4 is 4.74 Å². The van der Waals surface area contributed by atoms with E-state index in [1.54, 1.807) is 18.2 Å². The van der Waals surface area contributed by atoms with Gasteiger partial charge in [-0.15, -0.1) is 0 Å². The van der Waals surface area contributed by atoms with Crippen LogP contribution in [0.15, 0.2) is 40.8 Å². The molecule has 29 heavy (non-hydrogen) atoms. The number of carbonyl (C=O) groups excluding carboxylic acids is 1. The zero-order chi connectivity index (χ0) is 20.8. The van der Waals surface area contributed by atoms with Crippen LogP contribution in [0.3, 0.4) is 0 Å². The van der Waals surface area contributed by atoms with Crippen LogP contribution in [0.4, 0.5) is 0 Å². The second-order valence-corrected chi connectivity index (χ2v) is 8.02. The van der Waals surface area contributed by atoms with Crippen LogP contribution in [-0.4, -0.2) is 42.0 Å². The number of hydrogen-bond acceptors (Lipinski definition) is 5. The number of furan rings is 1. The second-order valence-electron chi connectivity index (χ2n) is 8.02. The number of likely N-dealkylation sites (N-methyl/N-ethyl adjacent to an activating group) is 1. The van der Waals surface area contributed by atoms with Gasteiger partial charge in [0, 0.05) is 29.0 Å². The van der Waals surface area contributed by atoms with Crippen molar-refractivity contribution in [3.05, 3.63) is 58.8 Å². The number of phenolic OH excluding ortho intramolecular Hbond substituents is 1. The molecule has 2 aromatic carbocycles. The van der Waals surface area contributed by atoms with Gasteiger partial charge in [0.15, 0.2) is 5.78 Å². The molecule has 1 aliphatic rings. The summed E-state index contributed by atoms with van der Waals surface area (Å²) in [5.41, 5.74) is 2.20. The highest BCUT2D eigenvalue weighted by molar-refractivity contribution is 6.19. The molecular formula is C24H27NO4. The maximum atomic E-state index is 13.3. The molecular weight excluding hydrogens is 366 g/mol. The Labute approximate surface area is 170 Å². The van der Waals surface area contributed by atoms with Gasteiger partial charge in [-0.3, -0.25) is 4.79 Å². The molecule has 152 valence electrons. The van der Waals surface area contributed by atoms with Crippen molar-refractivity contribution in [1.29, 1.82) is 0 Å². The quantitative estimate of drug-likeness (QED) is 0.656. The molecule has 0 aliphatic heterocycles. The number of benzene rings is 2. The van der Waals surface area contributed by atoms with Gasteiger partial charge in [0.1, 0.15) is 29.4 Å². The molecule has 1 heterocycles. The van der Waals surface area contributed by atoms with E-state index >= 15 is 0 Å². The number of phenols is 1. The summed E-state index contributed by atoms with van der Waals surface area (Å²) in [7, 11) is 0. The lowest BCUT2D eigenvalue weighted by molar-refractivity contribution is 0.102. The first-order valence-electron chi connectivity index (χ1n) is 10.2. The van der Waals surface area contributed by atoms with Gasteiger partial charge in [0.25, 0.3) is 0 Å². The highest BCUT2D eigenvalue weighted by Crippen LogP contribution is 2.46. The maximum absolute atomic E-state index is 13.3. The number of hydrogen-bond donors (Lipinski definition) is 1. The zero-order valence-corrected chi connectivity index (χ0v) is 17.4. The molecule has 0 radical (unpaired) electrons. The fourth-order valence-electron chi connectivity index (χ4n) is 4.17. The van der Waals surface area contributed by atoms with E-state index in [2.05, 4.69) is 32.6 Å². The van der Waals surface area contributed by atoms with Crippen molar-refractivity contribution < 1.29 is 19.1 Å². The Morgan fingerprint density at radius 2 is 1.86 bits per heavy atom. The molecule has 0 saturated carbocycles. The fraction of sp³-hybridized carbons (Fsp3) is 0.375. The number of aromatic hydroxyl groups is 1. The Morgan fingerprint density at radius 1 is 1.10 bits per heavy atom. The van der Waals surface area contributed by atoms with Crippen LogP contribution in [0.5, 0.6) is 11.5 Å². The molecule has 0 amide bonds. The van der Waals surface area contributed by atoms with Crippen LogP contribution in [0.25, 0.3) is 11.0 Å². The molecule has 0 atom stereocenters. The third-order valence-electron chi connectivity index (χ3n) is 5.95. The van der Waals surface area contributed by atoms with Crippen LogP contribution in [0.2, 0.25) is 0 Å². The first kappa shape index (κ1) is 19.5. The Bertz CT molecular complexity index is 1080. The van der Waals surface area contributed by atoms with Crippen LogP contribution >= 0.6 is 0 Å². The molecule has 4 rings (SSSR count). The average Bonchev–Trinajstić information content (AvgIpc) is 3.09. The van der Waals surface area contributed by atoms with Gasteiger partial charge >= 0.3 is 0 Å². The topological polar surface area (TPSA) is 62.9 Å². The average molecular weight is 393 g/mol. The Morgan fingerprint density at radius 3 is 2.59 bits per heavy atom. The van der Waals surface area contributed by atoms with Gasteiger partial charge in [-0.1, -0.05) is 13.8 Å². The minimum absolute atomic E-state index is 0.0477. The molecule has 1 N–H and O–H groups in total. The third-order valence-corrected chi connectivity index (χ3v) is 5.95. The number of carbonyl (C=O) groups is 1. The van der Waals surface area contributed by atoms with Gasteiger partial charge in [-0.25, -0.2) is 0 Å². The molecule has 0 fully saturated rings. The van der Waals surface area contributed by atoms with Gasteiger partial charge in [0.05, 0.1) is 5.56 Å². The summed E-state index contributed by atoms with van der Waals surface area (Å²) < 4.78 is 12.0. The third kappa shape index (κ3) is 3.19. The van der Waals surface area contributed by atoms with E-state index in [0.717, 1.165) is 36.3 Å². The maximum Gasteiger partial charge on any atom is 0.197 e. The van der Waals surface area contributed by atoms with E-state index in [0.29, 0.717) is 29.1 Å². The molecule has 0 saturated heterocycles. The van der Waals surface area contributed by atoms with Gasteiger partial charge < -0.3 is 19.2 Å². The van der Waals surface area contributed by atoms with E-state index in [1.807, 2.05) is 18.2 Å². The Hall–Kier alpha value is -2.79. The molecule has 0 unspecified atom stereocenters. The molecule has 1 aliphatic carbocycles. The highest BCUT2D eigenvalue weighted by Gasteiger charge is 2.41. The van der Waals surface area contributed by atoms with Gasteiger partial charge in [-0.05, 0) is 62.8 Å². The van der Waals surface area contributed by atoms with E-state index < -0.39 is 5.41 Å². The molecule has 5 nitrogen and oxygen atoms in total. The van der Waals surface area contributed by atoms with E-state index in [9.17, 15) is 9.90 Å². The van der Waals surface area contributed by atoms with Crippen molar-refractivity contribution in [2.45, 2.75) is 33.1 Å². The summed E-state index contributed by atoms with van der Waals surface area (Å²) in [6.45, 7) is 11.8.